The van der Waals surface area contributed by atoms with Crippen LogP contribution < -0.4 is 5.56 Å². The van der Waals surface area contributed by atoms with E-state index >= 15 is 0 Å². The summed E-state index contributed by atoms with van der Waals surface area (Å²) in [6.45, 7) is 0. The van der Waals surface area contributed by atoms with E-state index < -0.39 is 0 Å². The van der Waals surface area contributed by atoms with E-state index in [-0.39, 0.29) is 5.56 Å². The van der Waals surface area contributed by atoms with Gasteiger partial charge in [0.25, 0.3) is 5.56 Å². The van der Waals surface area contributed by atoms with Gasteiger partial charge in [0.15, 0.2) is 0 Å². The summed E-state index contributed by atoms with van der Waals surface area (Å²) in [5.41, 5.74) is 3.07. The summed E-state index contributed by atoms with van der Waals surface area (Å²) >= 11 is 5.91. The predicted octanol–water partition coefficient (Wildman–Crippen LogP) is 3.63. The Morgan fingerprint density at radius 1 is 1.00 bits per heavy atom. The molecule has 3 aromatic rings. The summed E-state index contributed by atoms with van der Waals surface area (Å²) in [6, 6.07) is 16.1. The van der Waals surface area contributed by atoms with E-state index in [0.717, 1.165) is 11.1 Å². The molecule has 0 bridgehead atoms. The zero-order chi connectivity index (χ0) is 15.5. The topological polar surface area (TPSA) is 69.5 Å². The van der Waals surface area contributed by atoms with Crippen molar-refractivity contribution in [3.63, 3.8) is 0 Å². The second kappa shape index (κ2) is 5.84. The lowest BCUT2D eigenvalue weighted by Crippen LogP contribution is -2.11. The number of nitriles is 1. The number of hydrogen-bond acceptors (Lipinski definition) is 3. The average molecular weight is 308 g/mol. The van der Waals surface area contributed by atoms with Gasteiger partial charge in [-0.05, 0) is 35.4 Å². The molecule has 0 saturated carbocycles. The van der Waals surface area contributed by atoms with Crippen molar-refractivity contribution in [1.29, 1.82) is 5.26 Å². The quantitative estimate of drug-likeness (QED) is 0.786. The lowest BCUT2D eigenvalue weighted by Gasteiger charge is -2.08. The highest BCUT2D eigenvalue weighted by atomic mass is 35.5. The molecular formula is C17H10ClN3O. The van der Waals surface area contributed by atoms with Crippen molar-refractivity contribution in [2.24, 2.45) is 0 Å². The summed E-state index contributed by atoms with van der Waals surface area (Å²) in [5.74, 6) is 0. The van der Waals surface area contributed by atoms with Crippen molar-refractivity contribution in [3.8, 4) is 28.3 Å². The Morgan fingerprint density at radius 3 is 2.27 bits per heavy atom. The Bertz CT molecular complexity index is 906. The number of benzene rings is 2. The second-order valence-electron chi connectivity index (χ2n) is 4.68. The Kier molecular flexibility index (Phi) is 3.73. The smallest absolute Gasteiger partial charge is 0.267 e. The summed E-state index contributed by atoms with van der Waals surface area (Å²) in [6.07, 6.45) is 1.61. The zero-order valence-electron chi connectivity index (χ0n) is 11.4. The molecule has 0 atom stereocenters. The van der Waals surface area contributed by atoms with E-state index in [1.807, 2.05) is 12.1 Å². The van der Waals surface area contributed by atoms with Crippen molar-refractivity contribution in [1.82, 2.24) is 10.2 Å². The molecule has 1 N–H and O–H groups in total. The van der Waals surface area contributed by atoms with Crippen molar-refractivity contribution in [2.75, 3.05) is 0 Å². The van der Waals surface area contributed by atoms with Crippen LogP contribution in [0.15, 0.2) is 59.5 Å². The lowest BCUT2D eigenvalue weighted by atomic mass is 9.97. The van der Waals surface area contributed by atoms with Crippen molar-refractivity contribution < 1.29 is 0 Å². The summed E-state index contributed by atoms with van der Waals surface area (Å²) < 4.78 is 0. The standard InChI is InChI=1S/C17H10ClN3O/c18-14-7-5-12(6-8-14)15-10-20-21-17(22)16(15)13-3-1-11(9-19)2-4-13/h1-8,10H,(H,21,22). The Hall–Kier alpha value is -2.90. The first-order chi connectivity index (χ1) is 10.7. The van der Waals surface area contributed by atoms with Crippen LogP contribution in [0.5, 0.6) is 0 Å². The van der Waals surface area contributed by atoms with E-state index in [0.29, 0.717) is 21.7 Å². The van der Waals surface area contributed by atoms with Crippen LogP contribution in [0, 0.1) is 11.3 Å². The van der Waals surface area contributed by atoms with Crippen molar-refractivity contribution in [3.05, 3.63) is 75.7 Å². The minimum Gasteiger partial charge on any atom is -0.267 e. The minimum atomic E-state index is -0.280. The highest BCUT2D eigenvalue weighted by molar-refractivity contribution is 6.30. The Labute approximate surface area is 131 Å². The third-order valence-corrected chi connectivity index (χ3v) is 3.57. The maximum atomic E-state index is 12.2. The van der Waals surface area contributed by atoms with Crippen LogP contribution in [0.3, 0.4) is 0 Å². The van der Waals surface area contributed by atoms with Gasteiger partial charge in [0, 0.05) is 10.6 Å². The molecule has 0 aliphatic rings. The van der Waals surface area contributed by atoms with Crippen LogP contribution in [0.2, 0.25) is 5.02 Å². The molecule has 0 spiro atoms. The number of nitrogens with one attached hydrogen (secondary N) is 1. The van der Waals surface area contributed by atoms with Gasteiger partial charge in [0.05, 0.1) is 23.4 Å². The summed E-state index contributed by atoms with van der Waals surface area (Å²) in [7, 11) is 0. The highest BCUT2D eigenvalue weighted by Gasteiger charge is 2.12. The molecule has 5 heteroatoms. The van der Waals surface area contributed by atoms with Gasteiger partial charge in [-0.25, -0.2) is 5.10 Å². The monoisotopic (exact) mass is 307 g/mol. The maximum absolute atomic E-state index is 12.2. The van der Waals surface area contributed by atoms with Crippen LogP contribution in [-0.4, -0.2) is 10.2 Å². The fraction of sp³-hybridized carbons (Fsp3) is 0. The molecule has 4 nitrogen and oxygen atoms in total. The van der Waals surface area contributed by atoms with Crippen LogP contribution in [-0.2, 0) is 0 Å². The molecule has 0 unspecified atom stereocenters. The molecule has 0 aliphatic heterocycles. The molecule has 0 fully saturated rings. The minimum absolute atomic E-state index is 0.280. The van der Waals surface area contributed by atoms with Crippen molar-refractivity contribution in [2.45, 2.75) is 0 Å². The number of nitrogens with zero attached hydrogens (tertiary/aromatic N) is 2. The normalized spacial score (nSPS) is 10.2. The summed E-state index contributed by atoms with van der Waals surface area (Å²) in [4.78, 5) is 12.2. The lowest BCUT2D eigenvalue weighted by molar-refractivity contribution is 0.994. The molecule has 0 saturated heterocycles. The molecule has 3 rings (SSSR count). The van der Waals surface area contributed by atoms with Gasteiger partial charge in [0.2, 0.25) is 0 Å². The number of hydrogen-bond donors (Lipinski definition) is 1. The Balaban J connectivity index is 2.20. The van der Waals surface area contributed by atoms with Gasteiger partial charge >= 0.3 is 0 Å². The van der Waals surface area contributed by atoms with Crippen LogP contribution >= 0.6 is 11.6 Å². The van der Waals surface area contributed by atoms with Gasteiger partial charge in [-0.15, -0.1) is 0 Å². The number of rotatable bonds is 2. The van der Waals surface area contributed by atoms with Crippen molar-refractivity contribution >= 4 is 11.6 Å². The highest BCUT2D eigenvalue weighted by Crippen LogP contribution is 2.29. The first-order valence-corrected chi connectivity index (χ1v) is 6.91. The van der Waals surface area contributed by atoms with E-state index in [1.54, 1.807) is 42.6 Å². The fourth-order valence-electron chi connectivity index (χ4n) is 2.24. The molecule has 22 heavy (non-hydrogen) atoms. The first-order valence-electron chi connectivity index (χ1n) is 6.53. The molecule has 1 heterocycles. The van der Waals surface area contributed by atoms with Crippen LogP contribution in [0.25, 0.3) is 22.3 Å². The molecule has 0 radical (unpaired) electrons. The van der Waals surface area contributed by atoms with Crippen LogP contribution in [0.1, 0.15) is 5.56 Å². The summed E-state index contributed by atoms with van der Waals surface area (Å²) in [5, 5.41) is 15.8. The number of halogens is 1. The first kappa shape index (κ1) is 14.1. The average Bonchev–Trinajstić information content (AvgIpc) is 2.55. The second-order valence-corrected chi connectivity index (χ2v) is 5.12. The van der Waals surface area contributed by atoms with E-state index in [4.69, 9.17) is 16.9 Å². The Morgan fingerprint density at radius 2 is 1.64 bits per heavy atom. The number of H-pyrrole nitrogens is 1. The number of aromatic nitrogens is 2. The molecule has 0 aliphatic carbocycles. The van der Waals surface area contributed by atoms with Gasteiger partial charge in [-0.1, -0.05) is 35.9 Å². The predicted molar refractivity (Wildman–Crippen MR) is 85.5 cm³/mol. The van der Waals surface area contributed by atoms with E-state index in [2.05, 4.69) is 16.3 Å². The molecule has 0 amide bonds. The maximum Gasteiger partial charge on any atom is 0.272 e. The van der Waals surface area contributed by atoms with Gasteiger partial charge in [-0.3, -0.25) is 4.79 Å². The fourth-order valence-corrected chi connectivity index (χ4v) is 2.37. The van der Waals surface area contributed by atoms with Gasteiger partial charge < -0.3 is 0 Å². The van der Waals surface area contributed by atoms with E-state index in [1.165, 1.54) is 0 Å². The zero-order valence-corrected chi connectivity index (χ0v) is 12.1. The van der Waals surface area contributed by atoms with Gasteiger partial charge in [0.1, 0.15) is 0 Å². The third-order valence-electron chi connectivity index (χ3n) is 3.31. The molecule has 2 aromatic carbocycles. The number of aromatic amines is 1. The van der Waals surface area contributed by atoms with Crippen LogP contribution in [0.4, 0.5) is 0 Å². The molecule has 1 aromatic heterocycles. The third kappa shape index (κ3) is 2.62. The molecular weight excluding hydrogens is 298 g/mol. The SMILES string of the molecule is N#Cc1ccc(-c2c(-c3ccc(Cl)cc3)cn[nH]c2=O)cc1. The van der Waals surface area contributed by atoms with Gasteiger partial charge in [-0.2, -0.15) is 10.4 Å². The molecule has 106 valence electrons. The largest absolute Gasteiger partial charge is 0.272 e. The van der Waals surface area contributed by atoms with E-state index in [9.17, 15) is 4.79 Å².